The van der Waals surface area contributed by atoms with Crippen LogP contribution in [0.2, 0.25) is 0 Å². The van der Waals surface area contributed by atoms with Crippen LogP contribution in [-0.4, -0.2) is 75.6 Å². The number of aliphatic carboxylic acids is 2. The Bertz CT molecular complexity index is 1180. The van der Waals surface area contributed by atoms with Gasteiger partial charge in [0.2, 0.25) is 17.7 Å². The standard InChI is InChI=1S/C27H40N6O7/c1-15(2)23(29)26(38)33-21(13-16-14-30-18-8-4-3-7-17(16)18)25(37)31-19(9-5-6-12-28)24(36)32-20(27(39)40)10-11-22(34)35/h3-4,7-8,14-15,19-21,23,30H,5-6,9-13,28-29H2,1-2H3,(H,31,37)(H,32,36)(H,33,38)(H,34,35)(H,39,40). The molecule has 220 valence electrons. The number of nitrogens with two attached hydrogens (primary N) is 2. The van der Waals surface area contributed by atoms with Crippen molar-refractivity contribution in [2.24, 2.45) is 17.4 Å². The Morgan fingerprint density at radius 2 is 1.50 bits per heavy atom. The quantitative estimate of drug-likeness (QED) is 0.124. The first-order valence-corrected chi connectivity index (χ1v) is 13.3. The van der Waals surface area contributed by atoms with Crippen molar-refractivity contribution in [3.05, 3.63) is 36.0 Å². The molecule has 13 heteroatoms. The summed E-state index contributed by atoms with van der Waals surface area (Å²) in [5.74, 6) is -4.75. The fourth-order valence-electron chi connectivity index (χ4n) is 4.13. The monoisotopic (exact) mass is 560 g/mol. The minimum Gasteiger partial charge on any atom is -0.481 e. The van der Waals surface area contributed by atoms with E-state index in [9.17, 15) is 29.1 Å². The molecule has 4 atom stereocenters. The summed E-state index contributed by atoms with van der Waals surface area (Å²) in [4.78, 5) is 65.1. The number of nitrogens with one attached hydrogen (secondary N) is 4. The first-order valence-electron chi connectivity index (χ1n) is 13.3. The van der Waals surface area contributed by atoms with Crippen LogP contribution >= 0.6 is 0 Å². The zero-order valence-electron chi connectivity index (χ0n) is 22.8. The molecule has 2 rings (SSSR count). The number of unbranched alkanes of at least 4 members (excludes halogenated alkanes) is 1. The van der Waals surface area contributed by atoms with Crippen molar-refractivity contribution in [3.8, 4) is 0 Å². The molecule has 0 saturated heterocycles. The van der Waals surface area contributed by atoms with Crippen LogP contribution in [0.25, 0.3) is 10.9 Å². The van der Waals surface area contributed by atoms with Gasteiger partial charge in [-0.15, -0.1) is 0 Å². The minimum absolute atomic E-state index is 0.0971. The van der Waals surface area contributed by atoms with Gasteiger partial charge >= 0.3 is 11.9 Å². The molecule has 10 N–H and O–H groups in total. The number of aromatic amines is 1. The molecule has 1 aromatic heterocycles. The van der Waals surface area contributed by atoms with Crippen molar-refractivity contribution in [2.45, 2.75) is 76.5 Å². The average Bonchev–Trinajstić information content (AvgIpc) is 3.31. The SMILES string of the molecule is CC(C)C(N)C(=O)NC(Cc1c[nH]c2ccccc12)C(=O)NC(CCCCN)C(=O)NC(CCC(=O)O)C(=O)O. The summed E-state index contributed by atoms with van der Waals surface area (Å²) in [7, 11) is 0. The second-order valence-corrected chi connectivity index (χ2v) is 10.1. The fraction of sp³-hybridized carbons (Fsp3) is 0.519. The van der Waals surface area contributed by atoms with Gasteiger partial charge in [-0.05, 0) is 49.8 Å². The second-order valence-electron chi connectivity index (χ2n) is 10.1. The Morgan fingerprint density at radius 3 is 2.12 bits per heavy atom. The Balaban J connectivity index is 2.29. The van der Waals surface area contributed by atoms with Gasteiger partial charge in [-0.1, -0.05) is 32.0 Å². The highest BCUT2D eigenvalue weighted by Gasteiger charge is 2.31. The van der Waals surface area contributed by atoms with E-state index in [2.05, 4.69) is 20.9 Å². The lowest BCUT2D eigenvalue weighted by atomic mass is 10.0. The number of fused-ring (bicyclic) bond motifs is 1. The molecule has 0 spiro atoms. The van der Waals surface area contributed by atoms with Gasteiger partial charge in [0.25, 0.3) is 0 Å². The Morgan fingerprint density at radius 1 is 0.875 bits per heavy atom. The maximum Gasteiger partial charge on any atom is 0.326 e. The largest absolute Gasteiger partial charge is 0.481 e. The number of amides is 3. The van der Waals surface area contributed by atoms with Crippen LogP contribution in [0.15, 0.2) is 30.5 Å². The summed E-state index contributed by atoms with van der Waals surface area (Å²) < 4.78 is 0. The molecular weight excluding hydrogens is 520 g/mol. The first kappa shape index (κ1) is 32.2. The van der Waals surface area contributed by atoms with Crippen molar-refractivity contribution in [3.63, 3.8) is 0 Å². The van der Waals surface area contributed by atoms with Crippen molar-refractivity contribution in [1.29, 1.82) is 0 Å². The first-order chi connectivity index (χ1) is 18.9. The number of aromatic nitrogens is 1. The number of hydrogen-bond donors (Lipinski definition) is 8. The van der Waals surface area contributed by atoms with Crippen LogP contribution in [0.3, 0.4) is 0 Å². The molecule has 4 unspecified atom stereocenters. The molecular formula is C27H40N6O7. The molecule has 0 saturated carbocycles. The third-order valence-electron chi connectivity index (χ3n) is 6.59. The third-order valence-corrected chi connectivity index (χ3v) is 6.59. The molecule has 1 aromatic carbocycles. The number of H-pyrrole nitrogens is 1. The lowest BCUT2D eigenvalue weighted by molar-refractivity contribution is -0.143. The molecule has 0 radical (unpaired) electrons. The highest BCUT2D eigenvalue weighted by Crippen LogP contribution is 2.19. The van der Waals surface area contributed by atoms with Crippen molar-refractivity contribution >= 4 is 40.6 Å². The maximum absolute atomic E-state index is 13.5. The van der Waals surface area contributed by atoms with Crippen molar-refractivity contribution in [2.75, 3.05) is 6.54 Å². The zero-order valence-corrected chi connectivity index (χ0v) is 22.8. The number of benzene rings is 1. The summed E-state index contributed by atoms with van der Waals surface area (Å²) >= 11 is 0. The van der Waals surface area contributed by atoms with E-state index in [1.807, 2.05) is 24.3 Å². The highest BCUT2D eigenvalue weighted by atomic mass is 16.4. The maximum atomic E-state index is 13.5. The molecule has 0 aliphatic heterocycles. The number of para-hydroxylation sites is 1. The topological polar surface area (TPSA) is 230 Å². The lowest BCUT2D eigenvalue weighted by Gasteiger charge is -2.26. The average molecular weight is 561 g/mol. The molecule has 0 aliphatic rings. The van der Waals surface area contributed by atoms with Gasteiger partial charge < -0.3 is 42.6 Å². The van der Waals surface area contributed by atoms with Gasteiger partial charge in [-0.2, -0.15) is 0 Å². The molecule has 0 fully saturated rings. The lowest BCUT2D eigenvalue weighted by Crippen LogP contribution is -2.58. The number of carboxylic acid groups (broad SMARTS) is 2. The highest BCUT2D eigenvalue weighted by molar-refractivity contribution is 5.95. The summed E-state index contributed by atoms with van der Waals surface area (Å²) in [5, 5.41) is 26.9. The number of carbonyl (C=O) groups is 5. The zero-order chi connectivity index (χ0) is 29.8. The normalized spacial score (nSPS) is 14.2. The van der Waals surface area contributed by atoms with Gasteiger partial charge in [0.05, 0.1) is 6.04 Å². The molecule has 0 bridgehead atoms. The molecule has 13 nitrogen and oxygen atoms in total. The van der Waals surface area contributed by atoms with Crippen LogP contribution in [0.5, 0.6) is 0 Å². The Labute approximate surface area is 232 Å². The van der Waals surface area contributed by atoms with Crippen molar-refractivity contribution < 1.29 is 34.2 Å². The van der Waals surface area contributed by atoms with Crippen molar-refractivity contribution in [1.82, 2.24) is 20.9 Å². The van der Waals surface area contributed by atoms with Crippen LogP contribution in [-0.2, 0) is 30.4 Å². The van der Waals surface area contributed by atoms with E-state index in [0.29, 0.717) is 19.4 Å². The molecule has 3 amide bonds. The summed E-state index contributed by atoms with van der Waals surface area (Å²) in [6, 6.07) is 2.91. The van der Waals surface area contributed by atoms with Crippen LogP contribution in [0.4, 0.5) is 0 Å². The third kappa shape index (κ3) is 9.65. The number of carbonyl (C=O) groups excluding carboxylic acids is 3. The number of hydrogen-bond acceptors (Lipinski definition) is 7. The summed E-state index contributed by atoms with van der Waals surface area (Å²) in [6.45, 7) is 3.91. The van der Waals surface area contributed by atoms with E-state index >= 15 is 0 Å². The van der Waals surface area contributed by atoms with Gasteiger partial charge in [0, 0.05) is 29.9 Å². The van der Waals surface area contributed by atoms with Crippen LogP contribution in [0, 0.1) is 5.92 Å². The van der Waals surface area contributed by atoms with Gasteiger partial charge in [-0.3, -0.25) is 19.2 Å². The number of rotatable bonds is 17. The summed E-state index contributed by atoms with van der Waals surface area (Å²) in [6.07, 6.45) is 2.21. The molecule has 0 aliphatic carbocycles. The number of carboxylic acids is 2. The smallest absolute Gasteiger partial charge is 0.326 e. The van der Waals surface area contributed by atoms with Crippen LogP contribution in [0.1, 0.15) is 51.5 Å². The van der Waals surface area contributed by atoms with E-state index in [1.165, 1.54) is 0 Å². The van der Waals surface area contributed by atoms with Gasteiger partial charge in [0.1, 0.15) is 18.1 Å². The van der Waals surface area contributed by atoms with E-state index in [-0.39, 0.29) is 25.2 Å². The van der Waals surface area contributed by atoms with Gasteiger partial charge in [-0.25, -0.2) is 4.79 Å². The van der Waals surface area contributed by atoms with E-state index in [4.69, 9.17) is 16.6 Å². The predicted octanol–water partition coefficient (Wildman–Crippen LogP) is 0.227. The Kier molecular flexibility index (Phi) is 12.6. The minimum atomic E-state index is -1.46. The van der Waals surface area contributed by atoms with Gasteiger partial charge in [0.15, 0.2) is 0 Å². The molecule has 1 heterocycles. The van der Waals surface area contributed by atoms with Crippen LogP contribution < -0.4 is 27.4 Å². The molecule has 2 aromatic rings. The summed E-state index contributed by atoms with van der Waals surface area (Å²) in [5.41, 5.74) is 13.2. The van der Waals surface area contributed by atoms with E-state index < -0.39 is 60.2 Å². The fourth-order valence-corrected chi connectivity index (χ4v) is 4.13. The second kappa shape index (κ2) is 15.6. The molecule has 40 heavy (non-hydrogen) atoms. The predicted molar refractivity (Wildman–Crippen MR) is 148 cm³/mol. The Hall–Kier alpha value is -3.97. The van der Waals surface area contributed by atoms with E-state index in [0.717, 1.165) is 16.5 Å². The van der Waals surface area contributed by atoms with E-state index in [1.54, 1.807) is 20.0 Å².